The van der Waals surface area contributed by atoms with Gasteiger partial charge in [-0.3, -0.25) is 0 Å². The van der Waals surface area contributed by atoms with Crippen molar-refractivity contribution in [2.45, 2.75) is 32.2 Å². The first-order chi connectivity index (χ1) is 8.20. The fraction of sp³-hybridized carbons (Fsp3) is 0.615. The van der Waals surface area contributed by atoms with Crippen LogP contribution in [0.2, 0.25) is 5.15 Å². The fourth-order valence-corrected chi connectivity index (χ4v) is 2.75. The summed E-state index contributed by atoms with van der Waals surface area (Å²) in [5, 5.41) is 0.552. The van der Waals surface area contributed by atoms with Crippen molar-refractivity contribution in [2.75, 3.05) is 18.0 Å². The lowest BCUT2D eigenvalue weighted by Gasteiger charge is -2.28. The summed E-state index contributed by atoms with van der Waals surface area (Å²) in [5.74, 6) is 0.613. The Kier molecular flexibility index (Phi) is 4.24. The van der Waals surface area contributed by atoms with E-state index in [1.807, 2.05) is 12.1 Å². The van der Waals surface area contributed by atoms with Gasteiger partial charge in [0.15, 0.2) is 0 Å². The molecule has 0 unspecified atom stereocenters. The Labute approximate surface area is 108 Å². The summed E-state index contributed by atoms with van der Waals surface area (Å²) >= 11 is 5.93. The van der Waals surface area contributed by atoms with Crippen molar-refractivity contribution in [3.8, 4) is 0 Å². The molecule has 0 bridgehead atoms. The van der Waals surface area contributed by atoms with Gasteiger partial charge in [-0.2, -0.15) is 0 Å². The van der Waals surface area contributed by atoms with E-state index < -0.39 is 0 Å². The van der Waals surface area contributed by atoms with E-state index in [1.54, 1.807) is 6.20 Å². The monoisotopic (exact) mass is 253 g/mol. The average Bonchev–Trinajstić information content (AvgIpc) is 2.71. The van der Waals surface area contributed by atoms with E-state index in [2.05, 4.69) is 16.8 Å². The second-order valence-corrected chi connectivity index (χ2v) is 5.12. The van der Waals surface area contributed by atoms with Crippen LogP contribution >= 0.6 is 11.6 Å². The van der Waals surface area contributed by atoms with Crippen LogP contribution < -0.4 is 10.6 Å². The summed E-state index contributed by atoms with van der Waals surface area (Å²) in [6.45, 7) is 4.16. The number of nitrogens with two attached hydrogens (primary N) is 1. The largest absolute Gasteiger partial charge is 0.371 e. The van der Waals surface area contributed by atoms with Crippen LogP contribution in [0.3, 0.4) is 0 Å². The van der Waals surface area contributed by atoms with Gasteiger partial charge in [0.1, 0.15) is 5.15 Å². The number of rotatable bonds is 4. The summed E-state index contributed by atoms with van der Waals surface area (Å²) in [6.07, 6.45) is 5.44. The normalized spacial score (nSPS) is 23.9. The van der Waals surface area contributed by atoms with E-state index in [1.165, 1.54) is 19.3 Å². The van der Waals surface area contributed by atoms with Crippen LogP contribution in [0.1, 0.15) is 26.2 Å². The molecule has 0 amide bonds. The third-order valence-corrected chi connectivity index (χ3v) is 3.84. The zero-order chi connectivity index (χ0) is 12.3. The third-order valence-electron chi connectivity index (χ3n) is 3.63. The van der Waals surface area contributed by atoms with E-state index in [0.29, 0.717) is 17.1 Å². The van der Waals surface area contributed by atoms with Crippen molar-refractivity contribution in [1.82, 2.24) is 4.98 Å². The number of hydrogen-bond acceptors (Lipinski definition) is 3. The van der Waals surface area contributed by atoms with Gasteiger partial charge in [-0.25, -0.2) is 4.98 Å². The first-order valence-corrected chi connectivity index (χ1v) is 6.70. The van der Waals surface area contributed by atoms with Gasteiger partial charge in [-0.15, -0.1) is 0 Å². The SMILES string of the molecule is CCN(C[C@@H]1CCC[C@H]1N)c1ccnc(Cl)c1. The predicted octanol–water partition coefficient (Wildman–Crippen LogP) is 2.69. The molecule has 1 saturated carbocycles. The highest BCUT2D eigenvalue weighted by Crippen LogP contribution is 2.27. The van der Waals surface area contributed by atoms with Gasteiger partial charge < -0.3 is 10.6 Å². The van der Waals surface area contributed by atoms with E-state index in [9.17, 15) is 0 Å². The smallest absolute Gasteiger partial charge is 0.131 e. The molecule has 1 aliphatic rings. The molecule has 94 valence electrons. The van der Waals surface area contributed by atoms with Gasteiger partial charge in [-0.05, 0) is 37.8 Å². The van der Waals surface area contributed by atoms with Gasteiger partial charge in [-0.1, -0.05) is 18.0 Å². The van der Waals surface area contributed by atoms with Crippen molar-refractivity contribution in [3.05, 3.63) is 23.5 Å². The molecule has 0 aliphatic heterocycles. The second kappa shape index (κ2) is 5.69. The van der Waals surface area contributed by atoms with Crippen LogP contribution in [0.25, 0.3) is 0 Å². The number of halogens is 1. The molecule has 1 heterocycles. The summed E-state index contributed by atoms with van der Waals surface area (Å²) in [6, 6.07) is 4.29. The van der Waals surface area contributed by atoms with Crippen LogP contribution in [-0.4, -0.2) is 24.1 Å². The van der Waals surface area contributed by atoms with Gasteiger partial charge in [0.25, 0.3) is 0 Å². The van der Waals surface area contributed by atoms with Gasteiger partial charge >= 0.3 is 0 Å². The Balaban J connectivity index is 2.06. The molecule has 17 heavy (non-hydrogen) atoms. The zero-order valence-electron chi connectivity index (χ0n) is 10.3. The highest BCUT2D eigenvalue weighted by molar-refractivity contribution is 6.29. The lowest BCUT2D eigenvalue weighted by molar-refractivity contribution is 0.475. The first-order valence-electron chi connectivity index (χ1n) is 6.32. The number of nitrogens with zero attached hydrogens (tertiary/aromatic N) is 2. The molecule has 4 heteroatoms. The van der Waals surface area contributed by atoms with Crippen molar-refractivity contribution in [3.63, 3.8) is 0 Å². The van der Waals surface area contributed by atoms with E-state index >= 15 is 0 Å². The Morgan fingerprint density at radius 3 is 2.94 bits per heavy atom. The molecule has 0 radical (unpaired) electrons. The van der Waals surface area contributed by atoms with Crippen LogP contribution in [0.15, 0.2) is 18.3 Å². The summed E-state index contributed by atoms with van der Waals surface area (Å²) in [7, 11) is 0. The maximum atomic E-state index is 6.12. The second-order valence-electron chi connectivity index (χ2n) is 4.73. The van der Waals surface area contributed by atoms with Crippen molar-refractivity contribution < 1.29 is 0 Å². The molecule has 1 aromatic heterocycles. The average molecular weight is 254 g/mol. The Morgan fingerprint density at radius 1 is 1.53 bits per heavy atom. The predicted molar refractivity (Wildman–Crippen MR) is 72.5 cm³/mol. The summed E-state index contributed by atoms with van der Waals surface area (Å²) < 4.78 is 0. The minimum absolute atomic E-state index is 0.362. The molecule has 0 spiro atoms. The molecule has 2 N–H and O–H groups in total. The Morgan fingerprint density at radius 2 is 2.35 bits per heavy atom. The quantitative estimate of drug-likeness (QED) is 0.839. The van der Waals surface area contributed by atoms with Crippen molar-refractivity contribution in [1.29, 1.82) is 0 Å². The Hall–Kier alpha value is -0.800. The highest BCUT2D eigenvalue weighted by Gasteiger charge is 2.25. The topological polar surface area (TPSA) is 42.1 Å². The fourth-order valence-electron chi connectivity index (χ4n) is 2.58. The molecule has 1 aromatic rings. The summed E-state index contributed by atoms with van der Waals surface area (Å²) in [5.41, 5.74) is 7.27. The highest BCUT2D eigenvalue weighted by atomic mass is 35.5. The van der Waals surface area contributed by atoms with E-state index in [-0.39, 0.29) is 0 Å². The lowest BCUT2D eigenvalue weighted by atomic mass is 10.0. The molecule has 1 fully saturated rings. The molecule has 1 aliphatic carbocycles. The summed E-state index contributed by atoms with van der Waals surface area (Å²) in [4.78, 5) is 6.35. The number of pyridine rings is 1. The molecular weight excluding hydrogens is 234 g/mol. The van der Waals surface area contributed by atoms with Gasteiger partial charge in [0, 0.05) is 31.0 Å². The van der Waals surface area contributed by atoms with Crippen molar-refractivity contribution >= 4 is 17.3 Å². The van der Waals surface area contributed by atoms with Crippen LogP contribution in [0.4, 0.5) is 5.69 Å². The maximum absolute atomic E-state index is 6.12. The minimum atomic E-state index is 0.362. The molecule has 3 nitrogen and oxygen atoms in total. The van der Waals surface area contributed by atoms with Crippen LogP contribution in [0.5, 0.6) is 0 Å². The molecule has 0 saturated heterocycles. The maximum Gasteiger partial charge on any atom is 0.131 e. The molecular formula is C13H20ClN3. The Bertz CT molecular complexity index is 369. The minimum Gasteiger partial charge on any atom is -0.371 e. The van der Waals surface area contributed by atoms with Gasteiger partial charge in [0.2, 0.25) is 0 Å². The standard InChI is InChI=1S/C13H20ClN3/c1-2-17(9-10-4-3-5-12(10)15)11-6-7-16-13(14)8-11/h6-8,10,12H,2-5,9,15H2,1H3/t10-,12+/m0/s1. The number of hydrogen-bond donors (Lipinski definition) is 1. The van der Waals surface area contributed by atoms with Crippen LogP contribution in [-0.2, 0) is 0 Å². The number of aromatic nitrogens is 1. The van der Waals surface area contributed by atoms with Crippen molar-refractivity contribution in [2.24, 2.45) is 11.7 Å². The molecule has 0 aromatic carbocycles. The molecule has 2 atom stereocenters. The zero-order valence-corrected chi connectivity index (χ0v) is 11.0. The molecule has 2 rings (SSSR count). The number of anilines is 1. The van der Waals surface area contributed by atoms with E-state index in [4.69, 9.17) is 17.3 Å². The lowest BCUT2D eigenvalue weighted by Crippen LogP contribution is -2.36. The van der Waals surface area contributed by atoms with Crippen LogP contribution in [0, 0.1) is 5.92 Å². The van der Waals surface area contributed by atoms with Gasteiger partial charge in [0.05, 0.1) is 0 Å². The first kappa shape index (κ1) is 12.7. The third kappa shape index (κ3) is 3.11. The van der Waals surface area contributed by atoms with E-state index in [0.717, 1.165) is 18.8 Å².